The molecule has 0 saturated heterocycles. The number of amides is 2. The van der Waals surface area contributed by atoms with Crippen LogP contribution in [0.1, 0.15) is 49.6 Å². The molecule has 3 aromatic rings. The summed E-state index contributed by atoms with van der Waals surface area (Å²) in [5.41, 5.74) is 3.80. The number of anilines is 2. The summed E-state index contributed by atoms with van der Waals surface area (Å²) in [4.78, 5) is 27.2. The van der Waals surface area contributed by atoms with Crippen LogP contribution in [-0.4, -0.2) is 11.8 Å². The van der Waals surface area contributed by atoms with Crippen molar-refractivity contribution in [1.82, 2.24) is 0 Å². The summed E-state index contributed by atoms with van der Waals surface area (Å²) >= 11 is 7.67. The van der Waals surface area contributed by atoms with Crippen molar-refractivity contribution in [1.29, 1.82) is 0 Å². The van der Waals surface area contributed by atoms with Gasteiger partial charge in [0, 0.05) is 10.6 Å². The Morgan fingerprint density at radius 3 is 2.45 bits per heavy atom. The molecule has 1 aliphatic carbocycles. The van der Waals surface area contributed by atoms with Crippen LogP contribution in [0.15, 0.2) is 48.5 Å². The Morgan fingerprint density at radius 1 is 0.931 bits per heavy atom. The number of nitrogens with one attached hydrogen (secondary N) is 2. The topological polar surface area (TPSA) is 58.2 Å². The lowest BCUT2D eigenvalue weighted by Gasteiger charge is -2.14. The molecule has 4 rings (SSSR count). The number of carbonyl (C=O) groups is 2. The van der Waals surface area contributed by atoms with Gasteiger partial charge in [0.1, 0.15) is 5.00 Å². The molecule has 0 unspecified atom stereocenters. The van der Waals surface area contributed by atoms with E-state index in [0.717, 1.165) is 42.5 Å². The molecular formula is C23H21ClN2O2S. The van der Waals surface area contributed by atoms with Crippen molar-refractivity contribution in [3.63, 3.8) is 0 Å². The zero-order chi connectivity index (χ0) is 20.4. The number of para-hydroxylation sites is 1. The fourth-order valence-electron chi connectivity index (χ4n) is 3.61. The fourth-order valence-corrected chi connectivity index (χ4v) is 5.11. The number of fused-ring (bicyclic) bond motifs is 1. The number of aryl methyl sites for hydroxylation is 2. The number of halogens is 1. The van der Waals surface area contributed by atoms with Gasteiger partial charge in [0.25, 0.3) is 11.8 Å². The van der Waals surface area contributed by atoms with E-state index in [0.29, 0.717) is 21.2 Å². The lowest BCUT2D eigenvalue weighted by atomic mass is 9.95. The van der Waals surface area contributed by atoms with E-state index in [2.05, 4.69) is 10.6 Å². The monoisotopic (exact) mass is 424 g/mol. The molecule has 0 spiro atoms. The van der Waals surface area contributed by atoms with Gasteiger partial charge in [-0.05, 0) is 61.9 Å². The van der Waals surface area contributed by atoms with Crippen molar-refractivity contribution in [2.24, 2.45) is 0 Å². The van der Waals surface area contributed by atoms with Gasteiger partial charge in [0.2, 0.25) is 0 Å². The van der Waals surface area contributed by atoms with Gasteiger partial charge in [-0.25, -0.2) is 0 Å². The van der Waals surface area contributed by atoms with Gasteiger partial charge >= 0.3 is 0 Å². The van der Waals surface area contributed by atoms with Crippen LogP contribution in [0.25, 0.3) is 0 Å². The third-order valence-corrected chi connectivity index (χ3v) is 6.67. The lowest BCUT2D eigenvalue weighted by Crippen LogP contribution is -2.19. The SMILES string of the molecule is Cc1ccccc1NC(=O)c1c(NC(=O)c2ccccc2Cl)sc2c1CCCC2. The average molecular weight is 425 g/mol. The van der Waals surface area contributed by atoms with E-state index in [1.54, 1.807) is 24.3 Å². The van der Waals surface area contributed by atoms with Crippen LogP contribution in [0.5, 0.6) is 0 Å². The number of hydrogen-bond acceptors (Lipinski definition) is 3. The Hall–Kier alpha value is -2.63. The highest BCUT2D eigenvalue weighted by Gasteiger charge is 2.27. The first-order valence-electron chi connectivity index (χ1n) is 9.62. The van der Waals surface area contributed by atoms with Gasteiger partial charge in [0.05, 0.1) is 16.1 Å². The Labute approximate surface area is 178 Å². The minimum absolute atomic E-state index is 0.187. The smallest absolute Gasteiger partial charge is 0.258 e. The molecule has 1 aromatic heterocycles. The average Bonchev–Trinajstić information content (AvgIpc) is 3.07. The van der Waals surface area contributed by atoms with Crippen molar-refractivity contribution in [3.05, 3.63) is 80.7 Å². The summed E-state index contributed by atoms with van der Waals surface area (Å²) in [7, 11) is 0. The van der Waals surface area contributed by atoms with Crippen LogP contribution in [0.3, 0.4) is 0 Å². The van der Waals surface area contributed by atoms with E-state index < -0.39 is 0 Å². The Morgan fingerprint density at radius 2 is 1.66 bits per heavy atom. The molecule has 1 heterocycles. The molecule has 1 aliphatic rings. The standard InChI is InChI=1S/C23H21ClN2O2S/c1-14-8-2-6-12-18(14)25-22(28)20-16-10-4-7-13-19(16)29-23(20)26-21(27)15-9-3-5-11-17(15)24/h2-3,5-6,8-9,11-12H,4,7,10,13H2,1H3,(H,25,28)(H,26,27). The Kier molecular flexibility index (Phi) is 5.69. The van der Waals surface area contributed by atoms with Gasteiger partial charge in [-0.2, -0.15) is 0 Å². The molecule has 0 fully saturated rings. The van der Waals surface area contributed by atoms with Crippen LogP contribution >= 0.6 is 22.9 Å². The largest absolute Gasteiger partial charge is 0.322 e. The van der Waals surface area contributed by atoms with E-state index in [1.165, 1.54) is 16.2 Å². The molecule has 0 bridgehead atoms. The van der Waals surface area contributed by atoms with E-state index >= 15 is 0 Å². The first kappa shape index (κ1) is 19.7. The zero-order valence-electron chi connectivity index (χ0n) is 16.0. The third-order valence-electron chi connectivity index (χ3n) is 5.14. The molecule has 2 amide bonds. The maximum atomic E-state index is 13.2. The summed E-state index contributed by atoms with van der Waals surface area (Å²) < 4.78 is 0. The van der Waals surface area contributed by atoms with E-state index in [4.69, 9.17) is 11.6 Å². The molecule has 0 saturated carbocycles. The van der Waals surface area contributed by atoms with E-state index in [9.17, 15) is 9.59 Å². The summed E-state index contributed by atoms with van der Waals surface area (Å²) in [6, 6.07) is 14.6. The van der Waals surface area contributed by atoms with Gasteiger partial charge < -0.3 is 10.6 Å². The summed E-state index contributed by atoms with van der Waals surface area (Å²) in [5.74, 6) is -0.493. The molecule has 0 radical (unpaired) electrons. The minimum Gasteiger partial charge on any atom is -0.322 e. The third kappa shape index (κ3) is 4.07. The van der Waals surface area contributed by atoms with Gasteiger partial charge in [-0.1, -0.05) is 41.9 Å². The van der Waals surface area contributed by atoms with Crippen molar-refractivity contribution >= 4 is 45.4 Å². The normalized spacial score (nSPS) is 12.9. The van der Waals surface area contributed by atoms with Gasteiger partial charge in [-0.3, -0.25) is 9.59 Å². The van der Waals surface area contributed by atoms with Crippen molar-refractivity contribution in [2.75, 3.05) is 10.6 Å². The summed E-state index contributed by atoms with van der Waals surface area (Å²) in [5, 5.41) is 6.94. The van der Waals surface area contributed by atoms with Crippen molar-refractivity contribution in [2.45, 2.75) is 32.6 Å². The molecule has 29 heavy (non-hydrogen) atoms. The van der Waals surface area contributed by atoms with Crippen LogP contribution in [0, 0.1) is 6.92 Å². The van der Waals surface area contributed by atoms with Crippen LogP contribution in [0.4, 0.5) is 10.7 Å². The van der Waals surface area contributed by atoms with E-state index in [-0.39, 0.29) is 11.8 Å². The highest BCUT2D eigenvalue weighted by Crippen LogP contribution is 2.39. The molecule has 2 N–H and O–H groups in total. The maximum absolute atomic E-state index is 13.2. The fraction of sp³-hybridized carbons (Fsp3) is 0.217. The highest BCUT2D eigenvalue weighted by atomic mass is 35.5. The predicted molar refractivity (Wildman–Crippen MR) is 119 cm³/mol. The van der Waals surface area contributed by atoms with Gasteiger partial charge in [-0.15, -0.1) is 11.3 Å². The first-order chi connectivity index (χ1) is 14.0. The van der Waals surface area contributed by atoms with Crippen LogP contribution in [0.2, 0.25) is 5.02 Å². The predicted octanol–water partition coefficient (Wildman–Crippen LogP) is 6.09. The second kappa shape index (κ2) is 8.39. The van der Waals surface area contributed by atoms with Crippen LogP contribution < -0.4 is 10.6 Å². The second-order valence-corrected chi connectivity index (χ2v) is 8.63. The van der Waals surface area contributed by atoms with E-state index in [1.807, 2.05) is 31.2 Å². The van der Waals surface area contributed by atoms with Crippen molar-refractivity contribution < 1.29 is 9.59 Å². The number of rotatable bonds is 4. The second-order valence-electron chi connectivity index (χ2n) is 7.12. The summed E-state index contributed by atoms with van der Waals surface area (Å²) in [6.07, 6.45) is 3.94. The molecule has 4 nitrogen and oxygen atoms in total. The maximum Gasteiger partial charge on any atom is 0.258 e. The number of hydrogen-bond donors (Lipinski definition) is 2. The number of thiophene rings is 1. The number of benzene rings is 2. The molecule has 2 aromatic carbocycles. The molecule has 6 heteroatoms. The van der Waals surface area contributed by atoms with Crippen molar-refractivity contribution in [3.8, 4) is 0 Å². The van der Waals surface area contributed by atoms with Crippen LogP contribution in [-0.2, 0) is 12.8 Å². The quantitative estimate of drug-likeness (QED) is 0.532. The molecule has 148 valence electrons. The highest BCUT2D eigenvalue weighted by molar-refractivity contribution is 7.17. The lowest BCUT2D eigenvalue weighted by molar-refractivity contribution is 0.102. The molecule has 0 atom stereocenters. The Bertz CT molecular complexity index is 1090. The minimum atomic E-state index is -0.306. The zero-order valence-corrected chi connectivity index (χ0v) is 17.6. The summed E-state index contributed by atoms with van der Waals surface area (Å²) in [6.45, 7) is 1.96. The first-order valence-corrected chi connectivity index (χ1v) is 10.8. The Balaban J connectivity index is 1.68. The number of carbonyl (C=O) groups excluding carboxylic acids is 2. The van der Waals surface area contributed by atoms with Gasteiger partial charge in [0.15, 0.2) is 0 Å². The molecular weight excluding hydrogens is 404 g/mol. The molecule has 0 aliphatic heterocycles.